The number of aliphatic hydroxyl groups excluding tert-OH is 2. The van der Waals surface area contributed by atoms with E-state index in [1.165, 1.54) is 398 Å². The maximum atomic E-state index is 12.5. The largest absolute Gasteiger partial charge is 0.466 e. The van der Waals surface area contributed by atoms with Gasteiger partial charge in [0, 0.05) is 12.8 Å². The maximum absolute atomic E-state index is 12.5. The first kappa shape index (κ1) is 85.6. The average molecular weight is 1230 g/mol. The van der Waals surface area contributed by atoms with E-state index in [1.54, 1.807) is 0 Å². The van der Waals surface area contributed by atoms with Crippen molar-refractivity contribution < 1.29 is 24.5 Å². The van der Waals surface area contributed by atoms with Gasteiger partial charge in [0.2, 0.25) is 5.91 Å². The first-order chi connectivity index (χ1) is 43.0. The van der Waals surface area contributed by atoms with E-state index < -0.39 is 12.1 Å². The predicted molar refractivity (Wildman–Crippen MR) is 384 cm³/mol. The van der Waals surface area contributed by atoms with Gasteiger partial charge in [-0.2, -0.15) is 0 Å². The molecule has 0 saturated carbocycles. The number of esters is 1. The van der Waals surface area contributed by atoms with Gasteiger partial charge in [-0.1, -0.05) is 418 Å². The van der Waals surface area contributed by atoms with Crippen LogP contribution in [0.4, 0.5) is 0 Å². The Morgan fingerprint density at radius 3 is 0.816 bits per heavy atom. The fourth-order valence-electron chi connectivity index (χ4n) is 13.2. The summed E-state index contributed by atoms with van der Waals surface area (Å²) in [4.78, 5) is 24.7. The third-order valence-electron chi connectivity index (χ3n) is 19.3. The van der Waals surface area contributed by atoms with Gasteiger partial charge in [-0.3, -0.25) is 9.59 Å². The van der Waals surface area contributed by atoms with Gasteiger partial charge < -0.3 is 20.3 Å². The van der Waals surface area contributed by atoms with Crippen LogP contribution in [0.15, 0.2) is 12.2 Å². The number of carbonyl (C=O) groups is 2. The van der Waals surface area contributed by atoms with Crippen molar-refractivity contribution in [2.45, 2.75) is 482 Å². The lowest BCUT2D eigenvalue weighted by atomic mass is 10.0. The summed E-state index contributed by atoms with van der Waals surface area (Å²) in [5.74, 6) is -0.00246. The first-order valence-electron chi connectivity index (χ1n) is 40.4. The van der Waals surface area contributed by atoms with Crippen LogP contribution >= 0.6 is 0 Å². The Hall–Kier alpha value is -1.40. The molecule has 0 saturated heterocycles. The zero-order valence-electron chi connectivity index (χ0n) is 59.5. The van der Waals surface area contributed by atoms with Crippen LogP contribution in [0, 0.1) is 0 Å². The molecule has 0 aromatic rings. The second kappa shape index (κ2) is 77.1. The van der Waals surface area contributed by atoms with E-state index in [9.17, 15) is 19.8 Å². The fraction of sp³-hybridized carbons (Fsp3) is 0.951. The Kier molecular flexibility index (Phi) is 75.8. The maximum Gasteiger partial charge on any atom is 0.305 e. The summed E-state index contributed by atoms with van der Waals surface area (Å²) < 4.78 is 5.52. The highest BCUT2D eigenvalue weighted by Crippen LogP contribution is 2.20. The number of allylic oxidation sites excluding steroid dienone is 2. The standard InChI is InChI=1S/C81H159NO5/c1-3-5-7-9-11-13-15-17-19-21-38-43-47-51-55-59-63-67-71-75-81(86)87-76-72-68-64-60-56-52-48-44-40-37-35-33-31-29-27-25-23-24-26-28-30-32-34-36-39-42-46-50-54-58-62-66-70-74-80(85)82-78(77-83)79(84)73-69-65-61-57-53-49-45-41-22-20-18-16-14-12-10-8-6-4-2/h17,19,78-79,83-84H,3-16,18,20-77H2,1-2H3,(H,82,85)/b19-17-. The van der Waals surface area contributed by atoms with Crippen molar-refractivity contribution in [2.24, 2.45) is 0 Å². The van der Waals surface area contributed by atoms with E-state index in [2.05, 4.69) is 31.3 Å². The monoisotopic (exact) mass is 1230 g/mol. The minimum absolute atomic E-state index is 0.0226. The second-order valence-electron chi connectivity index (χ2n) is 28.1. The average Bonchev–Trinajstić information content (AvgIpc) is 3.59. The quantitative estimate of drug-likeness (QED) is 0.0320. The van der Waals surface area contributed by atoms with E-state index in [0.717, 1.165) is 38.5 Å². The highest BCUT2D eigenvalue weighted by atomic mass is 16.5. The topological polar surface area (TPSA) is 95.9 Å². The first-order valence-corrected chi connectivity index (χ1v) is 40.4. The van der Waals surface area contributed by atoms with Gasteiger partial charge in [0.15, 0.2) is 0 Å². The molecule has 3 N–H and O–H groups in total. The van der Waals surface area contributed by atoms with Crippen molar-refractivity contribution in [1.82, 2.24) is 5.32 Å². The predicted octanol–water partition coefficient (Wildman–Crippen LogP) is 26.7. The van der Waals surface area contributed by atoms with Crippen molar-refractivity contribution in [3.8, 4) is 0 Å². The van der Waals surface area contributed by atoms with Gasteiger partial charge in [0.05, 0.1) is 25.4 Å². The summed E-state index contributed by atoms with van der Waals surface area (Å²) >= 11 is 0. The molecule has 1 amide bonds. The van der Waals surface area contributed by atoms with Gasteiger partial charge in [-0.15, -0.1) is 0 Å². The molecule has 0 aromatic heterocycles. The highest BCUT2D eigenvalue weighted by Gasteiger charge is 2.20. The molecule has 0 bridgehead atoms. The van der Waals surface area contributed by atoms with Crippen molar-refractivity contribution in [3.63, 3.8) is 0 Å². The van der Waals surface area contributed by atoms with Gasteiger partial charge in [0.25, 0.3) is 0 Å². The molecule has 0 spiro atoms. The molecule has 0 rings (SSSR count). The van der Waals surface area contributed by atoms with Crippen LogP contribution in [-0.4, -0.2) is 47.4 Å². The van der Waals surface area contributed by atoms with Crippen LogP contribution in [0.25, 0.3) is 0 Å². The summed E-state index contributed by atoms with van der Waals surface area (Å²) in [5, 5.41) is 23.4. The van der Waals surface area contributed by atoms with E-state index in [1.807, 2.05) is 0 Å². The summed E-state index contributed by atoms with van der Waals surface area (Å²) in [7, 11) is 0. The normalized spacial score (nSPS) is 12.5. The Morgan fingerprint density at radius 1 is 0.310 bits per heavy atom. The lowest BCUT2D eigenvalue weighted by molar-refractivity contribution is -0.143. The fourth-order valence-corrected chi connectivity index (χ4v) is 13.2. The smallest absolute Gasteiger partial charge is 0.305 e. The molecule has 6 heteroatoms. The Balaban J connectivity index is 3.30. The van der Waals surface area contributed by atoms with Gasteiger partial charge in [-0.05, 0) is 51.4 Å². The van der Waals surface area contributed by atoms with Crippen molar-refractivity contribution in [3.05, 3.63) is 12.2 Å². The molecule has 0 aromatic carbocycles. The molecule has 2 unspecified atom stereocenters. The Morgan fingerprint density at radius 2 is 0.540 bits per heavy atom. The van der Waals surface area contributed by atoms with E-state index in [0.29, 0.717) is 25.9 Å². The van der Waals surface area contributed by atoms with Crippen LogP contribution < -0.4 is 5.32 Å². The molecular formula is C81H159NO5. The lowest BCUT2D eigenvalue weighted by Gasteiger charge is -2.22. The van der Waals surface area contributed by atoms with Crippen molar-refractivity contribution in [2.75, 3.05) is 13.2 Å². The molecule has 0 fully saturated rings. The van der Waals surface area contributed by atoms with Gasteiger partial charge in [0.1, 0.15) is 0 Å². The number of ether oxygens (including phenoxy) is 1. The molecular weight excluding hydrogens is 1070 g/mol. The van der Waals surface area contributed by atoms with Crippen LogP contribution in [0.3, 0.4) is 0 Å². The van der Waals surface area contributed by atoms with E-state index in [-0.39, 0.29) is 18.5 Å². The Bertz CT molecular complexity index is 1320. The van der Waals surface area contributed by atoms with Crippen molar-refractivity contribution in [1.29, 1.82) is 0 Å². The minimum atomic E-state index is -0.661. The molecule has 0 aliphatic carbocycles. The van der Waals surface area contributed by atoms with Crippen molar-refractivity contribution >= 4 is 11.9 Å². The zero-order chi connectivity index (χ0) is 62.8. The Labute approximate surface area is 546 Å². The molecule has 0 aliphatic heterocycles. The number of hydrogen-bond acceptors (Lipinski definition) is 5. The molecule has 518 valence electrons. The SMILES string of the molecule is CCCCCCCC/C=C\CCCCCCCCCCCC(=O)OCCCCCCCCCCCCCCCCCCCCCCCCCCCCCCCCCCCC(=O)NC(CO)C(O)CCCCCCCCCCCCCCCCCCCC. The highest BCUT2D eigenvalue weighted by molar-refractivity contribution is 5.76. The summed E-state index contributed by atoms with van der Waals surface area (Å²) in [6.07, 6.45) is 97.4. The van der Waals surface area contributed by atoms with Gasteiger partial charge in [-0.25, -0.2) is 0 Å². The number of rotatable bonds is 77. The summed E-state index contributed by atoms with van der Waals surface area (Å²) in [6, 6.07) is -0.538. The zero-order valence-corrected chi connectivity index (χ0v) is 59.5. The van der Waals surface area contributed by atoms with E-state index in [4.69, 9.17) is 4.74 Å². The molecule has 0 radical (unpaired) electrons. The summed E-state index contributed by atoms with van der Waals surface area (Å²) in [6.45, 7) is 5.01. The van der Waals surface area contributed by atoms with Crippen LogP contribution in [-0.2, 0) is 14.3 Å². The number of hydrogen-bond donors (Lipinski definition) is 3. The number of unbranched alkanes of at least 4 members (excludes halogenated alkanes) is 64. The molecule has 0 heterocycles. The third kappa shape index (κ3) is 73.5. The summed E-state index contributed by atoms with van der Waals surface area (Å²) in [5.41, 5.74) is 0. The van der Waals surface area contributed by atoms with E-state index >= 15 is 0 Å². The molecule has 2 atom stereocenters. The third-order valence-corrected chi connectivity index (χ3v) is 19.3. The number of aliphatic hydroxyl groups is 2. The number of nitrogens with one attached hydrogen (secondary N) is 1. The molecule has 87 heavy (non-hydrogen) atoms. The number of amides is 1. The van der Waals surface area contributed by atoms with Gasteiger partial charge >= 0.3 is 5.97 Å². The van der Waals surface area contributed by atoms with Crippen LogP contribution in [0.5, 0.6) is 0 Å². The molecule has 0 aliphatic rings. The second-order valence-corrected chi connectivity index (χ2v) is 28.1. The lowest BCUT2D eigenvalue weighted by Crippen LogP contribution is -2.45. The molecule has 6 nitrogen and oxygen atoms in total. The van der Waals surface area contributed by atoms with Crippen LogP contribution in [0.2, 0.25) is 0 Å². The van der Waals surface area contributed by atoms with Crippen LogP contribution in [0.1, 0.15) is 470 Å². The number of carbonyl (C=O) groups excluding carboxylic acids is 2. The minimum Gasteiger partial charge on any atom is -0.466 e.